The van der Waals surface area contributed by atoms with Crippen molar-refractivity contribution in [1.29, 1.82) is 0 Å². The first-order chi connectivity index (χ1) is 20.3. The Kier molecular flexibility index (Phi) is 9.96. The molecule has 0 aliphatic carbocycles. The zero-order valence-electron chi connectivity index (χ0n) is 23.1. The number of nitrogens with zero attached hydrogens (tertiary/aromatic N) is 1. The molecule has 4 nitrogen and oxygen atoms in total. The molecule has 0 spiro atoms. The maximum Gasteiger partial charge on any atom is 0.233 e. The fraction of sp³-hybridized carbons (Fsp3) is 0.162. The van der Waals surface area contributed by atoms with E-state index in [9.17, 15) is 4.79 Å². The molecule has 0 unspecified atom stereocenters. The highest BCUT2D eigenvalue weighted by Crippen LogP contribution is 2.27. The number of carbonyl (C=O) groups excluding carboxylic acids is 1. The first kappa shape index (κ1) is 27.9. The molecule has 41 heavy (non-hydrogen) atoms. The molecule has 0 heterocycles. The van der Waals surface area contributed by atoms with Crippen molar-refractivity contribution in [3.8, 4) is 11.5 Å². The number of ether oxygens (including phenoxy) is 2. The van der Waals surface area contributed by atoms with Crippen molar-refractivity contribution >= 4 is 6.29 Å². The van der Waals surface area contributed by atoms with E-state index in [4.69, 9.17) is 9.47 Å². The van der Waals surface area contributed by atoms with Gasteiger partial charge in [-0.1, -0.05) is 115 Å². The van der Waals surface area contributed by atoms with Gasteiger partial charge in [0.2, 0.25) is 6.29 Å². The Morgan fingerprint density at radius 1 is 0.585 bits per heavy atom. The number of hydrogen-bond acceptors (Lipinski definition) is 4. The maximum atomic E-state index is 11.9. The lowest BCUT2D eigenvalue weighted by Crippen LogP contribution is -2.28. The molecule has 0 amide bonds. The third-order valence-electron chi connectivity index (χ3n) is 6.93. The minimum atomic E-state index is 0.495. The van der Waals surface area contributed by atoms with Gasteiger partial charge in [-0.2, -0.15) is 0 Å². The summed E-state index contributed by atoms with van der Waals surface area (Å²) in [4.78, 5) is 14.3. The molecule has 0 aliphatic heterocycles. The predicted octanol–water partition coefficient (Wildman–Crippen LogP) is 7.40. The first-order valence-electron chi connectivity index (χ1n) is 14.0. The monoisotopic (exact) mass is 540 g/mol. The molecule has 0 fully saturated rings. The third-order valence-corrected chi connectivity index (χ3v) is 6.93. The lowest BCUT2D eigenvalue weighted by atomic mass is 9.99. The van der Waals surface area contributed by atoms with Crippen molar-refractivity contribution in [2.75, 3.05) is 13.2 Å². The van der Waals surface area contributed by atoms with Crippen LogP contribution in [0, 0.1) is 0 Å². The molecule has 0 N–H and O–H groups in total. The van der Waals surface area contributed by atoms with Gasteiger partial charge in [-0.05, 0) is 40.5 Å². The van der Waals surface area contributed by atoms with Crippen LogP contribution in [0.5, 0.6) is 11.5 Å². The minimum Gasteiger partial charge on any atom is -0.492 e. The van der Waals surface area contributed by atoms with Gasteiger partial charge in [0.1, 0.15) is 24.7 Å². The van der Waals surface area contributed by atoms with Crippen LogP contribution in [0.15, 0.2) is 133 Å². The Bertz CT molecular complexity index is 1460. The summed E-state index contributed by atoms with van der Waals surface area (Å²) in [7, 11) is 0. The van der Waals surface area contributed by atoms with E-state index >= 15 is 0 Å². The van der Waals surface area contributed by atoms with Gasteiger partial charge in [0, 0.05) is 37.2 Å². The van der Waals surface area contributed by atoms with Crippen LogP contribution in [0.25, 0.3) is 0 Å². The Hall–Kier alpha value is -4.67. The summed E-state index contributed by atoms with van der Waals surface area (Å²) in [6, 6.07) is 44.6. The van der Waals surface area contributed by atoms with E-state index in [0.29, 0.717) is 30.9 Å². The summed E-state index contributed by atoms with van der Waals surface area (Å²) in [5, 5.41) is 0. The number of benzene rings is 5. The SMILES string of the molecule is O=[C]c1cccc(OCCN(Cc2ccccc2)Cc2ccccc2)c1Cc1cccc(OCc2ccccc2)c1. The Labute approximate surface area is 242 Å². The molecular formula is C37H34NO3. The smallest absolute Gasteiger partial charge is 0.233 e. The average Bonchev–Trinajstić information content (AvgIpc) is 3.02. The van der Waals surface area contributed by atoms with E-state index < -0.39 is 0 Å². The van der Waals surface area contributed by atoms with Crippen LogP contribution in [0.2, 0.25) is 0 Å². The molecule has 0 saturated carbocycles. The topological polar surface area (TPSA) is 38.8 Å². The van der Waals surface area contributed by atoms with E-state index in [1.54, 1.807) is 6.07 Å². The Morgan fingerprint density at radius 2 is 1.17 bits per heavy atom. The summed E-state index contributed by atoms with van der Waals surface area (Å²) in [6.45, 7) is 3.38. The summed E-state index contributed by atoms with van der Waals surface area (Å²) in [6.07, 6.45) is 2.65. The summed E-state index contributed by atoms with van der Waals surface area (Å²) in [5.41, 5.74) is 6.02. The molecule has 205 valence electrons. The van der Waals surface area contributed by atoms with Crippen molar-refractivity contribution in [2.45, 2.75) is 26.1 Å². The van der Waals surface area contributed by atoms with Gasteiger partial charge in [-0.3, -0.25) is 9.69 Å². The van der Waals surface area contributed by atoms with Crippen LogP contribution < -0.4 is 9.47 Å². The molecule has 5 rings (SSSR count). The van der Waals surface area contributed by atoms with Crippen LogP contribution in [-0.4, -0.2) is 24.3 Å². The lowest BCUT2D eigenvalue weighted by Gasteiger charge is -2.23. The highest BCUT2D eigenvalue weighted by molar-refractivity contribution is 5.79. The quantitative estimate of drug-likeness (QED) is 0.147. The van der Waals surface area contributed by atoms with Crippen LogP contribution in [-0.2, 0) is 30.9 Å². The average molecular weight is 541 g/mol. The standard InChI is InChI=1S/C37H34NO3/c39-28-34-19-11-21-37(36(34)25-33-18-10-20-35(24-33)41-29-32-16-8-3-9-17-32)40-23-22-38(26-30-12-4-1-5-13-30)27-31-14-6-2-7-15-31/h1-21,24H,22-23,25-27,29H2. The molecule has 0 bridgehead atoms. The zero-order valence-corrected chi connectivity index (χ0v) is 23.1. The second-order valence-electron chi connectivity index (χ2n) is 10.0. The summed E-state index contributed by atoms with van der Waals surface area (Å²) >= 11 is 0. The second kappa shape index (κ2) is 14.6. The normalized spacial score (nSPS) is 10.9. The van der Waals surface area contributed by atoms with Gasteiger partial charge in [0.05, 0.1) is 0 Å². The molecule has 4 heteroatoms. The van der Waals surface area contributed by atoms with Gasteiger partial charge >= 0.3 is 0 Å². The van der Waals surface area contributed by atoms with Crippen LogP contribution >= 0.6 is 0 Å². The molecule has 1 radical (unpaired) electrons. The summed E-state index contributed by atoms with van der Waals surface area (Å²) < 4.78 is 12.4. The van der Waals surface area contributed by atoms with Gasteiger partial charge < -0.3 is 9.47 Å². The van der Waals surface area contributed by atoms with E-state index in [1.807, 2.05) is 78.9 Å². The highest BCUT2D eigenvalue weighted by Gasteiger charge is 2.13. The largest absolute Gasteiger partial charge is 0.492 e. The van der Waals surface area contributed by atoms with E-state index in [2.05, 4.69) is 59.7 Å². The highest BCUT2D eigenvalue weighted by atomic mass is 16.5. The summed E-state index contributed by atoms with van der Waals surface area (Å²) in [5.74, 6) is 1.50. The van der Waals surface area contributed by atoms with Crippen molar-refractivity contribution in [3.05, 3.63) is 167 Å². The van der Waals surface area contributed by atoms with Gasteiger partial charge in [-0.15, -0.1) is 0 Å². The van der Waals surface area contributed by atoms with Gasteiger partial charge in [0.25, 0.3) is 0 Å². The molecule has 0 aromatic heterocycles. The molecule has 5 aromatic rings. The number of hydrogen-bond donors (Lipinski definition) is 0. The van der Waals surface area contributed by atoms with Gasteiger partial charge in [0.15, 0.2) is 0 Å². The van der Waals surface area contributed by atoms with Crippen molar-refractivity contribution in [2.24, 2.45) is 0 Å². The fourth-order valence-electron chi connectivity index (χ4n) is 4.85. The maximum absolute atomic E-state index is 11.9. The second-order valence-corrected chi connectivity index (χ2v) is 10.0. The van der Waals surface area contributed by atoms with Gasteiger partial charge in [-0.25, -0.2) is 0 Å². The zero-order chi connectivity index (χ0) is 28.1. The molecule has 5 aromatic carbocycles. The fourth-order valence-corrected chi connectivity index (χ4v) is 4.85. The van der Waals surface area contributed by atoms with E-state index in [1.165, 1.54) is 11.1 Å². The lowest BCUT2D eigenvalue weighted by molar-refractivity contribution is 0.195. The van der Waals surface area contributed by atoms with Crippen molar-refractivity contribution in [3.63, 3.8) is 0 Å². The first-order valence-corrected chi connectivity index (χ1v) is 14.0. The molecule has 0 aliphatic rings. The van der Waals surface area contributed by atoms with E-state index in [0.717, 1.165) is 42.1 Å². The Balaban J connectivity index is 1.26. The molecular weight excluding hydrogens is 506 g/mol. The van der Waals surface area contributed by atoms with Crippen molar-refractivity contribution < 1.29 is 14.3 Å². The van der Waals surface area contributed by atoms with E-state index in [-0.39, 0.29) is 0 Å². The molecule has 0 saturated heterocycles. The van der Waals surface area contributed by atoms with Crippen LogP contribution in [0.1, 0.15) is 33.4 Å². The minimum absolute atomic E-state index is 0.495. The number of rotatable bonds is 14. The van der Waals surface area contributed by atoms with Crippen LogP contribution in [0.4, 0.5) is 0 Å². The Morgan fingerprint density at radius 3 is 1.80 bits per heavy atom. The molecule has 0 atom stereocenters. The third kappa shape index (κ3) is 8.41. The predicted molar refractivity (Wildman–Crippen MR) is 164 cm³/mol. The van der Waals surface area contributed by atoms with Crippen molar-refractivity contribution in [1.82, 2.24) is 4.90 Å². The van der Waals surface area contributed by atoms with Crippen LogP contribution in [0.3, 0.4) is 0 Å².